The molecular weight excluding hydrogens is 384 g/mol. The summed E-state index contributed by atoms with van der Waals surface area (Å²) in [5.41, 5.74) is 5.53. The molecule has 1 saturated heterocycles. The fraction of sp³-hybridized carbons (Fsp3) is 0.269. The molecule has 0 radical (unpaired) electrons. The van der Waals surface area contributed by atoms with Crippen LogP contribution in [0.1, 0.15) is 23.6 Å². The highest BCUT2D eigenvalue weighted by Crippen LogP contribution is 2.37. The molecule has 5 nitrogen and oxygen atoms in total. The molecule has 2 aromatic carbocycles. The van der Waals surface area contributed by atoms with Crippen LogP contribution in [0, 0.1) is 12.8 Å². The van der Waals surface area contributed by atoms with Crippen LogP contribution in [0.4, 0.5) is 5.95 Å². The van der Waals surface area contributed by atoms with Gasteiger partial charge in [-0.3, -0.25) is 4.79 Å². The second kappa shape index (κ2) is 7.05. The van der Waals surface area contributed by atoms with Gasteiger partial charge in [-0.25, -0.2) is 9.97 Å². The van der Waals surface area contributed by atoms with Gasteiger partial charge in [0, 0.05) is 48.3 Å². The third kappa shape index (κ3) is 3.12. The van der Waals surface area contributed by atoms with E-state index in [1.54, 1.807) is 6.07 Å². The summed E-state index contributed by atoms with van der Waals surface area (Å²) in [5, 5.41) is 1.09. The minimum Gasteiger partial charge on any atom is -0.340 e. The van der Waals surface area contributed by atoms with Gasteiger partial charge in [0.1, 0.15) is 0 Å². The van der Waals surface area contributed by atoms with Crippen molar-refractivity contribution in [1.82, 2.24) is 14.5 Å². The summed E-state index contributed by atoms with van der Waals surface area (Å²) in [4.78, 5) is 24.7. The quantitative estimate of drug-likeness (QED) is 0.494. The van der Waals surface area contributed by atoms with Crippen LogP contribution in [0.15, 0.2) is 71.5 Å². The van der Waals surface area contributed by atoms with Gasteiger partial charge in [0.25, 0.3) is 5.56 Å². The van der Waals surface area contributed by atoms with Gasteiger partial charge >= 0.3 is 0 Å². The number of aryl methyl sites for hydroxylation is 1. The molecule has 2 bridgehead atoms. The molecule has 2 aliphatic rings. The molecule has 0 spiro atoms. The first kappa shape index (κ1) is 18.3. The van der Waals surface area contributed by atoms with Crippen LogP contribution in [-0.4, -0.2) is 27.6 Å². The summed E-state index contributed by atoms with van der Waals surface area (Å²) in [5.74, 6) is 1.55. The molecule has 4 heterocycles. The molecule has 154 valence electrons. The molecule has 2 unspecified atom stereocenters. The number of aromatic nitrogens is 3. The number of piperidine rings is 1. The number of hydrogen-bond donors (Lipinski definition) is 0. The number of pyridine rings is 1. The molecule has 2 aromatic heterocycles. The van der Waals surface area contributed by atoms with Crippen molar-refractivity contribution >= 4 is 16.9 Å². The van der Waals surface area contributed by atoms with E-state index in [-0.39, 0.29) is 5.56 Å². The normalized spacial score (nSPS) is 20.0. The number of rotatable bonds is 2. The fourth-order valence-electron chi connectivity index (χ4n) is 5.25. The molecule has 2 aliphatic heterocycles. The van der Waals surface area contributed by atoms with Gasteiger partial charge < -0.3 is 9.47 Å². The lowest BCUT2D eigenvalue weighted by atomic mass is 9.83. The maximum Gasteiger partial charge on any atom is 0.250 e. The lowest BCUT2D eigenvalue weighted by molar-refractivity contribution is 0.280. The molecule has 4 aromatic rings. The smallest absolute Gasteiger partial charge is 0.250 e. The second-order valence-electron chi connectivity index (χ2n) is 8.86. The summed E-state index contributed by atoms with van der Waals surface area (Å²) >= 11 is 0. The summed E-state index contributed by atoms with van der Waals surface area (Å²) in [6.07, 6.45) is 1.12. The maximum atomic E-state index is 12.3. The maximum absolute atomic E-state index is 12.3. The average molecular weight is 409 g/mol. The molecule has 0 saturated carbocycles. The Labute approximate surface area is 181 Å². The van der Waals surface area contributed by atoms with Crippen LogP contribution in [-0.2, 0) is 6.54 Å². The predicted octanol–water partition coefficient (Wildman–Crippen LogP) is 4.39. The number of fused-ring (bicyclic) bond motifs is 5. The van der Waals surface area contributed by atoms with E-state index >= 15 is 0 Å². The molecule has 0 amide bonds. The number of hydrogen-bond acceptors (Lipinski definition) is 4. The van der Waals surface area contributed by atoms with E-state index in [0.717, 1.165) is 59.9 Å². The average Bonchev–Trinajstić information content (AvgIpc) is 2.79. The summed E-state index contributed by atoms with van der Waals surface area (Å²) in [6, 6.07) is 22.4. The van der Waals surface area contributed by atoms with Crippen molar-refractivity contribution in [2.24, 2.45) is 5.92 Å². The van der Waals surface area contributed by atoms with Crippen LogP contribution < -0.4 is 10.5 Å². The molecule has 0 N–H and O–H groups in total. The van der Waals surface area contributed by atoms with E-state index in [1.807, 2.05) is 16.7 Å². The van der Waals surface area contributed by atoms with E-state index in [0.29, 0.717) is 11.8 Å². The highest BCUT2D eigenvalue weighted by Gasteiger charge is 2.35. The zero-order valence-electron chi connectivity index (χ0n) is 17.5. The number of nitrogens with zero attached hydrogens (tertiary/aromatic N) is 4. The van der Waals surface area contributed by atoms with Crippen molar-refractivity contribution in [3.63, 3.8) is 0 Å². The standard InChI is InChI=1S/C26H24N4O/c1-17-10-11-22-21(12-17)25(19-6-3-2-4-7-19)28-26(27-22)29-14-18-13-20(16-29)23-8-5-9-24(31)30(23)15-18/h2-12,18,20H,13-16H2,1H3. The first-order chi connectivity index (χ1) is 15.2. The fourth-order valence-corrected chi connectivity index (χ4v) is 5.25. The number of benzene rings is 2. The minimum absolute atomic E-state index is 0.115. The van der Waals surface area contributed by atoms with E-state index < -0.39 is 0 Å². The van der Waals surface area contributed by atoms with Crippen LogP contribution >= 0.6 is 0 Å². The van der Waals surface area contributed by atoms with Crippen molar-refractivity contribution in [2.45, 2.75) is 25.8 Å². The summed E-state index contributed by atoms with van der Waals surface area (Å²) in [6.45, 7) is 4.60. The van der Waals surface area contributed by atoms with Crippen molar-refractivity contribution in [3.05, 3.63) is 88.3 Å². The zero-order chi connectivity index (χ0) is 20.9. The zero-order valence-corrected chi connectivity index (χ0v) is 17.5. The summed E-state index contributed by atoms with van der Waals surface area (Å²) in [7, 11) is 0. The SMILES string of the molecule is Cc1ccc2nc(N3CC4CC(C3)c3cccc(=O)n3C4)nc(-c3ccccc3)c2c1. The Balaban J connectivity index is 1.46. The topological polar surface area (TPSA) is 51.0 Å². The van der Waals surface area contributed by atoms with E-state index in [9.17, 15) is 4.79 Å². The van der Waals surface area contributed by atoms with Crippen molar-refractivity contribution in [3.8, 4) is 11.3 Å². The highest BCUT2D eigenvalue weighted by atomic mass is 16.1. The lowest BCUT2D eigenvalue weighted by Crippen LogP contribution is -2.47. The number of anilines is 1. The van der Waals surface area contributed by atoms with E-state index in [2.05, 4.69) is 60.4 Å². The van der Waals surface area contributed by atoms with E-state index in [4.69, 9.17) is 9.97 Å². The first-order valence-corrected chi connectivity index (χ1v) is 10.9. The Morgan fingerprint density at radius 2 is 1.77 bits per heavy atom. The van der Waals surface area contributed by atoms with Gasteiger partial charge in [-0.1, -0.05) is 48.0 Å². The molecule has 31 heavy (non-hydrogen) atoms. The van der Waals surface area contributed by atoms with Gasteiger partial charge in [0.2, 0.25) is 5.95 Å². The van der Waals surface area contributed by atoms with Crippen LogP contribution in [0.5, 0.6) is 0 Å². The third-order valence-electron chi connectivity index (χ3n) is 6.65. The van der Waals surface area contributed by atoms with Gasteiger partial charge in [0.05, 0.1) is 11.2 Å². The molecule has 6 rings (SSSR count). The Morgan fingerprint density at radius 1 is 0.903 bits per heavy atom. The molecule has 0 aliphatic carbocycles. The Bertz CT molecular complexity index is 1340. The molecule has 1 fully saturated rings. The second-order valence-corrected chi connectivity index (χ2v) is 8.86. The third-order valence-corrected chi connectivity index (χ3v) is 6.65. The van der Waals surface area contributed by atoms with Gasteiger partial charge in [-0.05, 0) is 37.5 Å². The van der Waals surface area contributed by atoms with Crippen molar-refractivity contribution in [2.75, 3.05) is 18.0 Å². The Hall–Kier alpha value is -3.47. The first-order valence-electron chi connectivity index (χ1n) is 10.9. The largest absolute Gasteiger partial charge is 0.340 e. The van der Waals surface area contributed by atoms with Gasteiger partial charge in [0.15, 0.2) is 0 Å². The van der Waals surface area contributed by atoms with Gasteiger partial charge in [-0.15, -0.1) is 0 Å². The Morgan fingerprint density at radius 3 is 2.65 bits per heavy atom. The summed E-state index contributed by atoms with van der Waals surface area (Å²) < 4.78 is 1.97. The monoisotopic (exact) mass is 408 g/mol. The predicted molar refractivity (Wildman–Crippen MR) is 123 cm³/mol. The van der Waals surface area contributed by atoms with Gasteiger partial charge in [-0.2, -0.15) is 0 Å². The molecular formula is C26H24N4O. The molecule has 2 atom stereocenters. The molecule has 5 heteroatoms. The van der Waals surface area contributed by atoms with Crippen molar-refractivity contribution in [1.29, 1.82) is 0 Å². The van der Waals surface area contributed by atoms with Crippen LogP contribution in [0.3, 0.4) is 0 Å². The van der Waals surface area contributed by atoms with Crippen molar-refractivity contribution < 1.29 is 0 Å². The van der Waals surface area contributed by atoms with E-state index in [1.165, 1.54) is 5.56 Å². The highest BCUT2D eigenvalue weighted by molar-refractivity contribution is 5.93. The lowest BCUT2D eigenvalue weighted by Gasteiger charge is -2.42. The minimum atomic E-state index is 0.115. The van der Waals surface area contributed by atoms with Crippen LogP contribution in [0.25, 0.3) is 22.2 Å². The van der Waals surface area contributed by atoms with Crippen LogP contribution in [0.2, 0.25) is 0 Å². The Kier molecular flexibility index (Phi) is 4.16.